The van der Waals surface area contributed by atoms with E-state index in [-0.39, 0.29) is 5.82 Å². The highest BCUT2D eigenvalue weighted by atomic mass is 19.1. The van der Waals surface area contributed by atoms with Gasteiger partial charge in [0, 0.05) is 11.1 Å². The first kappa shape index (κ1) is 15.5. The summed E-state index contributed by atoms with van der Waals surface area (Å²) in [5, 5.41) is 0. The summed E-state index contributed by atoms with van der Waals surface area (Å²) in [7, 11) is 0. The summed E-state index contributed by atoms with van der Waals surface area (Å²) in [6.07, 6.45) is 0. The molecule has 2 aromatic rings. The zero-order valence-electron chi connectivity index (χ0n) is 11.6. The standard InChI is InChI=1S/C17H13F.C2H4/c1-13-5-3-4-6-17(13)14(2)7-8-15-9-11-16(18)12-10-15;1-2/h3-6,9-12H,2H2,1H3;1-2H2. The Morgan fingerprint density at radius 1 is 1.00 bits per heavy atom. The highest BCUT2D eigenvalue weighted by Gasteiger charge is 1.98. The van der Waals surface area contributed by atoms with Gasteiger partial charge < -0.3 is 0 Å². The highest BCUT2D eigenvalue weighted by Crippen LogP contribution is 2.16. The van der Waals surface area contributed by atoms with Gasteiger partial charge in [-0.25, -0.2) is 4.39 Å². The number of hydrogen-bond donors (Lipinski definition) is 0. The van der Waals surface area contributed by atoms with Gasteiger partial charge in [-0.2, -0.15) is 0 Å². The summed E-state index contributed by atoms with van der Waals surface area (Å²) < 4.78 is 12.7. The van der Waals surface area contributed by atoms with E-state index in [1.165, 1.54) is 12.1 Å². The smallest absolute Gasteiger partial charge is 0.123 e. The van der Waals surface area contributed by atoms with Crippen LogP contribution in [0.2, 0.25) is 0 Å². The fraction of sp³-hybridized carbons (Fsp3) is 0.0526. The molecule has 1 heteroatoms. The number of hydrogen-bond acceptors (Lipinski definition) is 0. The highest BCUT2D eigenvalue weighted by molar-refractivity contribution is 5.79. The maximum atomic E-state index is 12.7. The molecule has 0 unspecified atom stereocenters. The molecule has 0 amide bonds. The van der Waals surface area contributed by atoms with E-state index >= 15 is 0 Å². The number of halogens is 1. The number of rotatable bonds is 1. The van der Waals surface area contributed by atoms with Gasteiger partial charge in [-0.3, -0.25) is 0 Å². The lowest BCUT2D eigenvalue weighted by Crippen LogP contribution is -1.84. The first-order chi connectivity index (χ1) is 9.66. The minimum Gasteiger partial charge on any atom is -0.207 e. The van der Waals surface area contributed by atoms with Gasteiger partial charge in [-0.05, 0) is 42.3 Å². The topological polar surface area (TPSA) is 0 Å². The van der Waals surface area contributed by atoms with Crippen LogP contribution in [0.3, 0.4) is 0 Å². The monoisotopic (exact) mass is 264 g/mol. The third kappa shape index (κ3) is 4.26. The second kappa shape index (κ2) is 7.76. The van der Waals surface area contributed by atoms with Crippen molar-refractivity contribution in [3.63, 3.8) is 0 Å². The van der Waals surface area contributed by atoms with Crippen molar-refractivity contribution in [2.45, 2.75) is 6.92 Å². The number of aryl methyl sites for hydroxylation is 1. The third-order valence-electron chi connectivity index (χ3n) is 2.67. The number of benzene rings is 2. The van der Waals surface area contributed by atoms with Crippen molar-refractivity contribution < 1.29 is 4.39 Å². The molecule has 2 aromatic carbocycles. The lowest BCUT2D eigenvalue weighted by atomic mass is 10.0. The second-order valence-electron chi connectivity index (χ2n) is 4.05. The molecule has 0 aliphatic carbocycles. The zero-order valence-corrected chi connectivity index (χ0v) is 11.6. The van der Waals surface area contributed by atoms with E-state index in [0.717, 1.165) is 22.3 Å². The number of allylic oxidation sites excluding steroid dienone is 1. The molecule has 0 aromatic heterocycles. The molecule has 0 heterocycles. The maximum Gasteiger partial charge on any atom is 0.123 e. The molecule has 0 spiro atoms. The Balaban J connectivity index is 0.000000956. The Morgan fingerprint density at radius 3 is 2.20 bits per heavy atom. The van der Waals surface area contributed by atoms with E-state index in [1.54, 1.807) is 12.1 Å². The molecule has 2 rings (SSSR count). The molecular formula is C19H17F. The van der Waals surface area contributed by atoms with Gasteiger partial charge in [0.1, 0.15) is 5.82 Å². The summed E-state index contributed by atoms with van der Waals surface area (Å²) in [5.74, 6) is 5.74. The maximum absolute atomic E-state index is 12.7. The average molecular weight is 264 g/mol. The Morgan fingerprint density at radius 2 is 1.60 bits per heavy atom. The fourth-order valence-corrected chi connectivity index (χ4v) is 1.66. The van der Waals surface area contributed by atoms with Crippen LogP contribution in [-0.2, 0) is 0 Å². The van der Waals surface area contributed by atoms with Crippen molar-refractivity contribution in [1.82, 2.24) is 0 Å². The minimum absolute atomic E-state index is 0.252. The molecule has 0 aliphatic rings. The van der Waals surface area contributed by atoms with Crippen LogP contribution in [0.4, 0.5) is 4.39 Å². The van der Waals surface area contributed by atoms with Crippen molar-refractivity contribution in [2.75, 3.05) is 0 Å². The van der Waals surface area contributed by atoms with E-state index < -0.39 is 0 Å². The second-order valence-corrected chi connectivity index (χ2v) is 4.05. The van der Waals surface area contributed by atoms with Crippen LogP contribution < -0.4 is 0 Å². The molecule has 0 N–H and O–H groups in total. The van der Waals surface area contributed by atoms with Gasteiger partial charge in [-0.1, -0.05) is 42.7 Å². The van der Waals surface area contributed by atoms with Gasteiger partial charge in [0.25, 0.3) is 0 Å². The molecule has 0 radical (unpaired) electrons. The van der Waals surface area contributed by atoms with Gasteiger partial charge in [0.05, 0.1) is 0 Å². The fourth-order valence-electron chi connectivity index (χ4n) is 1.66. The molecule has 100 valence electrons. The quantitative estimate of drug-likeness (QED) is 0.502. The van der Waals surface area contributed by atoms with Crippen LogP contribution in [0.5, 0.6) is 0 Å². The first-order valence-corrected chi connectivity index (χ1v) is 6.19. The SMILES string of the molecule is C=C.C=C(C#Cc1ccc(F)cc1)c1ccccc1C. The molecule has 0 saturated carbocycles. The van der Waals surface area contributed by atoms with E-state index in [1.807, 2.05) is 31.2 Å². The zero-order chi connectivity index (χ0) is 15.0. The van der Waals surface area contributed by atoms with E-state index in [2.05, 4.69) is 31.6 Å². The summed E-state index contributed by atoms with van der Waals surface area (Å²) in [5.41, 5.74) is 3.76. The van der Waals surface area contributed by atoms with Gasteiger partial charge >= 0.3 is 0 Å². The molecule has 0 saturated heterocycles. The molecule has 0 aliphatic heterocycles. The van der Waals surface area contributed by atoms with Crippen LogP contribution in [0, 0.1) is 24.6 Å². The predicted octanol–water partition coefficient (Wildman–Crippen LogP) is 5.00. The molecular weight excluding hydrogens is 247 g/mol. The molecule has 0 fully saturated rings. The molecule has 0 nitrogen and oxygen atoms in total. The third-order valence-corrected chi connectivity index (χ3v) is 2.67. The average Bonchev–Trinajstić information content (AvgIpc) is 2.49. The summed E-state index contributed by atoms with van der Waals surface area (Å²) >= 11 is 0. The molecule has 0 bridgehead atoms. The van der Waals surface area contributed by atoms with Gasteiger partial charge in [0.15, 0.2) is 0 Å². The normalized spacial score (nSPS) is 8.70. The summed E-state index contributed by atoms with van der Waals surface area (Å²) in [4.78, 5) is 0. The van der Waals surface area contributed by atoms with E-state index in [9.17, 15) is 4.39 Å². The minimum atomic E-state index is -0.252. The molecule has 20 heavy (non-hydrogen) atoms. The summed E-state index contributed by atoms with van der Waals surface area (Å²) in [6.45, 7) is 12.0. The van der Waals surface area contributed by atoms with Gasteiger partial charge in [0.2, 0.25) is 0 Å². The molecule has 0 atom stereocenters. The van der Waals surface area contributed by atoms with Crippen LogP contribution in [-0.4, -0.2) is 0 Å². The van der Waals surface area contributed by atoms with Crippen molar-refractivity contribution in [2.24, 2.45) is 0 Å². The Kier molecular flexibility index (Phi) is 6.00. The summed E-state index contributed by atoms with van der Waals surface area (Å²) in [6, 6.07) is 14.1. The van der Waals surface area contributed by atoms with E-state index in [4.69, 9.17) is 0 Å². The van der Waals surface area contributed by atoms with Crippen molar-refractivity contribution in [3.8, 4) is 11.8 Å². The lowest BCUT2D eigenvalue weighted by molar-refractivity contribution is 0.627. The Hall–Kier alpha value is -2.59. The van der Waals surface area contributed by atoms with Crippen LogP contribution in [0.25, 0.3) is 5.57 Å². The van der Waals surface area contributed by atoms with Crippen molar-refractivity contribution in [1.29, 1.82) is 0 Å². The van der Waals surface area contributed by atoms with Crippen molar-refractivity contribution >= 4 is 5.57 Å². The Labute approximate surface area is 120 Å². The lowest BCUT2D eigenvalue weighted by Gasteiger charge is -2.02. The largest absolute Gasteiger partial charge is 0.207 e. The van der Waals surface area contributed by atoms with Gasteiger partial charge in [-0.15, -0.1) is 13.2 Å². The Bertz CT molecular complexity index is 639. The predicted molar refractivity (Wildman–Crippen MR) is 84.7 cm³/mol. The van der Waals surface area contributed by atoms with Crippen LogP contribution in [0.15, 0.2) is 68.3 Å². The van der Waals surface area contributed by atoms with Crippen molar-refractivity contribution in [3.05, 3.63) is 90.8 Å². The first-order valence-electron chi connectivity index (χ1n) is 6.19. The van der Waals surface area contributed by atoms with E-state index in [0.29, 0.717) is 0 Å². The van der Waals surface area contributed by atoms with Crippen LogP contribution in [0.1, 0.15) is 16.7 Å². The van der Waals surface area contributed by atoms with Crippen LogP contribution >= 0.6 is 0 Å².